The third kappa shape index (κ3) is 2.99. The van der Waals surface area contributed by atoms with E-state index < -0.39 is 0 Å². The fraction of sp³-hybridized carbons (Fsp3) is 0.500. The molecule has 0 bridgehead atoms. The van der Waals surface area contributed by atoms with Gasteiger partial charge in [-0.15, -0.1) is 0 Å². The Labute approximate surface area is 122 Å². The van der Waals surface area contributed by atoms with Crippen molar-refractivity contribution in [1.29, 1.82) is 0 Å². The summed E-state index contributed by atoms with van der Waals surface area (Å²) in [6.07, 6.45) is 0.406. The maximum absolute atomic E-state index is 12.0. The number of nitrogens with zero attached hydrogens (tertiary/aromatic N) is 1. The predicted octanol–water partition coefficient (Wildman–Crippen LogP) is 2.00. The Kier molecular flexibility index (Phi) is 4.60. The maximum Gasteiger partial charge on any atom is 0.224 e. The monoisotopic (exact) mass is 326 g/mol. The van der Waals surface area contributed by atoms with E-state index in [1.54, 1.807) is 7.11 Å². The molecule has 1 aliphatic heterocycles. The van der Waals surface area contributed by atoms with E-state index in [1.165, 1.54) is 0 Å². The van der Waals surface area contributed by atoms with Crippen LogP contribution in [-0.4, -0.2) is 37.1 Å². The van der Waals surface area contributed by atoms with Crippen LogP contribution >= 0.6 is 15.9 Å². The topological polar surface area (TPSA) is 55.6 Å². The van der Waals surface area contributed by atoms with E-state index in [2.05, 4.69) is 22.0 Å². The van der Waals surface area contributed by atoms with Gasteiger partial charge in [-0.3, -0.25) is 4.79 Å². The van der Waals surface area contributed by atoms with Crippen LogP contribution in [0, 0.1) is 6.92 Å². The largest absolute Gasteiger partial charge is 0.383 e. The molecule has 19 heavy (non-hydrogen) atoms. The number of aryl methyl sites for hydroxylation is 1. The molecular formula is C14H19BrN2O2. The van der Waals surface area contributed by atoms with Gasteiger partial charge in [0.2, 0.25) is 5.91 Å². The number of ether oxygens (including phenoxy) is 1. The van der Waals surface area contributed by atoms with Gasteiger partial charge in [0.15, 0.2) is 0 Å². The van der Waals surface area contributed by atoms with Gasteiger partial charge in [0.25, 0.3) is 0 Å². The number of likely N-dealkylation sites (tertiary alicyclic amines) is 1. The second-order valence-electron chi connectivity index (χ2n) is 4.90. The number of hydrogen-bond donors (Lipinski definition) is 1. The molecular weight excluding hydrogens is 308 g/mol. The molecule has 2 rings (SSSR count). The van der Waals surface area contributed by atoms with E-state index in [-0.39, 0.29) is 18.0 Å². The van der Waals surface area contributed by atoms with Crippen LogP contribution in [0.2, 0.25) is 0 Å². The first kappa shape index (κ1) is 14.5. The summed E-state index contributed by atoms with van der Waals surface area (Å²) in [6.45, 7) is 3.16. The number of methoxy groups -OCH3 is 1. The van der Waals surface area contributed by atoms with Crippen molar-refractivity contribution in [2.75, 3.05) is 20.3 Å². The molecule has 1 heterocycles. The molecule has 0 saturated carbocycles. The first-order valence-electron chi connectivity index (χ1n) is 6.34. The summed E-state index contributed by atoms with van der Waals surface area (Å²) >= 11 is 3.49. The summed E-state index contributed by atoms with van der Waals surface area (Å²) in [4.78, 5) is 13.8. The zero-order valence-electron chi connectivity index (χ0n) is 11.2. The molecule has 2 atom stereocenters. The normalized spacial score (nSPS) is 23.2. The Morgan fingerprint density at radius 1 is 1.53 bits per heavy atom. The molecule has 1 saturated heterocycles. The van der Waals surface area contributed by atoms with Crippen LogP contribution in [0.15, 0.2) is 22.7 Å². The van der Waals surface area contributed by atoms with Crippen LogP contribution in [0.3, 0.4) is 0 Å². The highest BCUT2D eigenvalue weighted by Crippen LogP contribution is 2.33. The fourth-order valence-corrected chi connectivity index (χ4v) is 2.80. The Bertz CT molecular complexity index is 479. The van der Waals surface area contributed by atoms with Crippen molar-refractivity contribution < 1.29 is 9.53 Å². The van der Waals surface area contributed by atoms with Gasteiger partial charge in [-0.2, -0.15) is 0 Å². The summed E-state index contributed by atoms with van der Waals surface area (Å²) in [5.41, 5.74) is 8.38. The smallest absolute Gasteiger partial charge is 0.224 e. The van der Waals surface area contributed by atoms with Crippen molar-refractivity contribution in [3.05, 3.63) is 33.8 Å². The standard InChI is InChI=1S/C14H19BrN2O2/c1-9-7-10(3-4-11(9)15)14-12(16)8-13(18)17(14)5-6-19-2/h3-4,7,12,14H,5-6,8,16H2,1-2H3. The van der Waals surface area contributed by atoms with Crippen LogP contribution < -0.4 is 5.73 Å². The van der Waals surface area contributed by atoms with Crippen LogP contribution in [0.5, 0.6) is 0 Å². The van der Waals surface area contributed by atoms with Gasteiger partial charge in [0.05, 0.1) is 12.6 Å². The number of carbonyl (C=O) groups is 1. The lowest BCUT2D eigenvalue weighted by molar-refractivity contribution is -0.129. The predicted molar refractivity (Wildman–Crippen MR) is 77.8 cm³/mol. The average Bonchev–Trinajstić information content (AvgIpc) is 2.65. The van der Waals surface area contributed by atoms with Crippen molar-refractivity contribution in [3.63, 3.8) is 0 Å². The minimum atomic E-state index is -0.148. The summed E-state index contributed by atoms with van der Waals surface area (Å²) < 4.78 is 6.14. The Balaban J connectivity index is 2.28. The SMILES string of the molecule is COCCN1C(=O)CC(N)C1c1ccc(Br)c(C)c1. The Morgan fingerprint density at radius 3 is 2.89 bits per heavy atom. The van der Waals surface area contributed by atoms with Crippen molar-refractivity contribution in [3.8, 4) is 0 Å². The number of benzene rings is 1. The highest BCUT2D eigenvalue weighted by atomic mass is 79.9. The molecule has 1 aromatic carbocycles. The number of nitrogens with two attached hydrogens (primary N) is 1. The van der Waals surface area contributed by atoms with Gasteiger partial charge in [-0.1, -0.05) is 28.1 Å². The Morgan fingerprint density at radius 2 is 2.26 bits per heavy atom. The summed E-state index contributed by atoms with van der Waals surface area (Å²) in [5.74, 6) is 0.107. The minimum Gasteiger partial charge on any atom is -0.383 e. The number of hydrogen-bond acceptors (Lipinski definition) is 3. The van der Waals surface area contributed by atoms with E-state index in [9.17, 15) is 4.79 Å². The van der Waals surface area contributed by atoms with Gasteiger partial charge < -0.3 is 15.4 Å². The second kappa shape index (κ2) is 6.03. The first-order valence-corrected chi connectivity index (χ1v) is 7.14. The van der Waals surface area contributed by atoms with Crippen molar-refractivity contribution >= 4 is 21.8 Å². The molecule has 0 aliphatic carbocycles. The van der Waals surface area contributed by atoms with Crippen LogP contribution in [0.1, 0.15) is 23.6 Å². The van der Waals surface area contributed by atoms with Crippen LogP contribution in [-0.2, 0) is 9.53 Å². The number of rotatable bonds is 4. The molecule has 104 valence electrons. The molecule has 1 aromatic rings. The molecule has 4 nitrogen and oxygen atoms in total. The molecule has 5 heteroatoms. The zero-order chi connectivity index (χ0) is 14.0. The summed E-state index contributed by atoms with van der Waals surface area (Å²) in [7, 11) is 1.64. The molecule has 1 fully saturated rings. The molecule has 0 radical (unpaired) electrons. The second-order valence-corrected chi connectivity index (χ2v) is 5.76. The van der Waals surface area contributed by atoms with Gasteiger partial charge in [0.1, 0.15) is 0 Å². The lowest BCUT2D eigenvalue weighted by Gasteiger charge is -2.27. The van der Waals surface area contributed by atoms with Gasteiger partial charge in [-0.05, 0) is 24.1 Å². The molecule has 1 aliphatic rings. The first-order chi connectivity index (χ1) is 9.04. The van der Waals surface area contributed by atoms with Crippen molar-refractivity contribution in [1.82, 2.24) is 4.90 Å². The van der Waals surface area contributed by atoms with Crippen molar-refractivity contribution in [2.24, 2.45) is 5.73 Å². The maximum atomic E-state index is 12.0. The third-order valence-electron chi connectivity index (χ3n) is 3.53. The number of halogens is 1. The number of carbonyl (C=O) groups excluding carboxylic acids is 1. The molecule has 2 N–H and O–H groups in total. The van der Waals surface area contributed by atoms with E-state index in [4.69, 9.17) is 10.5 Å². The summed E-state index contributed by atoms with van der Waals surface area (Å²) in [5, 5.41) is 0. The van der Waals surface area contributed by atoms with E-state index in [0.29, 0.717) is 19.6 Å². The van der Waals surface area contributed by atoms with Crippen molar-refractivity contribution in [2.45, 2.75) is 25.4 Å². The van der Waals surface area contributed by atoms with Gasteiger partial charge in [-0.25, -0.2) is 0 Å². The molecule has 0 aromatic heterocycles. The average molecular weight is 327 g/mol. The van der Waals surface area contributed by atoms with Gasteiger partial charge >= 0.3 is 0 Å². The lowest BCUT2D eigenvalue weighted by atomic mass is 9.99. The van der Waals surface area contributed by atoms with E-state index in [1.807, 2.05) is 24.0 Å². The van der Waals surface area contributed by atoms with Crippen LogP contribution in [0.25, 0.3) is 0 Å². The Hall–Kier alpha value is -0.910. The minimum absolute atomic E-state index is 0.0468. The van der Waals surface area contributed by atoms with Gasteiger partial charge in [0, 0.05) is 30.6 Å². The van der Waals surface area contributed by atoms with E-state index in [0.717, 1.165) is 15.6 Å². The highest BCUT2D eigenvalue weighted by Gasteiger charge is 2.38. The number of amides is 1. The quantitative estimate of drug-likeness (QED) is 0.920. The third-order valence-corrected chi connectivity index (χ3v) is 4.42. The lowest BCUT2D eigenvalue weighted by Crippen LogP contribution is -2.35. The summed E-state index contributed by atoms with van der Waals surface area (Å²) in [6, 6.07) is 5.93. The fourth-order valence-electron chi connectivity index (χ4n) is 2.55. The van der Waals surface area contributed by atoms with Crippen LogP contribution in [0.4, 0.5) is 0 Å². The molecule has 2 unspecified atom stereocenters. The van der Waals surface area contributed by atoms with E-state index >= 15 is 0 Å². The highest BCUT2D eigenvalue weighted by molar-refractivity contribution is 9.10. The zero-order valence-corrected chi connectivity index (χ0v) is 12.8. The molecule has 0 spiro atoms. The molecule has 1 amide bonds.